The number of hydrogen-bond donors (Lipinski definition) is 0. The lowest BCUT2D eigenvalue weighted by Gasteiger charge is -2.29. The average Bonchev–Trinajstić information content (AvgIpc) is 3.71. The van der Waals surface area contributed by atoms with Gasteiger partial charge in [0.05, 0.1) is 22.4 Å². The molecular weight excluding hydrogens is 773 g/mol. The van der Waals surface area contributed by atoms with Crippen LogP contribution in [0.1, 0.15) is 0 Å². The van der Waals surface area contributed by atoms with Gasteiger partial charge < -0.3 is 9.47 Å². The lowest BCUT2D eigenvalue weighted by atomic mass is 9.85. The maximum atomic E-state index is 2.54. The third-order valence-corrected chi connectivity index (χ3v) is 13.3. The molecule has 0 aliphatic carbocycles. The van der Waals surface area contributed by atoms with E-state index >= 15 is 0 Å². The number of rotatable bonds is 6. The SMILES string of the molecule is c1ccc(-c2c(-c3ccccc3)c3cc(N(c4cc5ccccc5c5ccccc45)c4cccc5c4c4ccccc4n5-c4ccc5ccccc5c4)ccc3c3ccccc23)cc1. The molecule has 0 radical (unpaired) electrons. The summed E-state index contributed by atoms with van der Waals surface area (Å²) in [6.07, 6.45) is 0. The Bertz CT molecular complexity index is 3960. The van der Waals surface area contributed by atoms with Crippen molar-refractivity contribution in [2.45, 2.75) is 0 Å². The first-order valence-electron chi connectivity index (χ1n) is 22.1. The molecule has 13 rings (SSSR count). The van der Waals surface area contributed by atoms with Gasteiger partial charge >= 0.3 is 0 Å². The van der Waals surface area contributed by atoms with Crippen molar-refractivity contribution in [2.75, 3.05) is 4.90 Å². The molecule has 0 aliphatic heterocycles. The maximum absolute atomic E-state index is 2.54. The Morgan fingerprint density at radius 3 is 1.58 bits per heavy atom. The summed E-state index contributed by atoms with van der Waals surface area (Å²) in [5.74, 6) is 0. The summed E-state index contributed by atoms with van der Waals surface area (Å²) >= 11 is 0. The van der Waals surface area contributed by atoms with Crippen molar-refractivity contribution in [3.05, 3.63) is 243 Å². The fourth-order valence-corrected chi connectivity index (χ4v) is 10.5. The van der Waals surface area contributed by atoms with Crippen molar-refractivity contribution < 1.29 is 0 Å². The van der Waals surface area contributed by atoms with Crippen molar-refractivity contribution in [3.63, 3.8) is 0 Å². The number of para-hydroxylation sites is 1. The van der Waals surface area contributed by atoms with Crippen LogP contribution in [0.3, 0.4) is 0 Å². The number of anilines is 3. The fraction of sp³-hybridized carbons (Fsp3) is 0. The molecule has 0 atom stereocenters. The summed E-state index contributed by atoms with van der Waals surface area (Å²) in [5, 5.41) is 14.7. The van der Waals surface area contributed by atoms with Gasteiger partial charge in [0, 0.05) is 27.5 Å². The van der Waals surface area contributed by atoms with Gasteiger partial charge in [-0.15, -0.1) is 0 Å². The van der Waals surface area contributed by atoms with Crippen LogP contribution in [-0.4, -0.2) is 4.57 Å². The zero-order valence-electron chi connectivity index (χ0n) is 35.0. The second kappa shape index (κ2) is 14.6. The molecule has 0 fully saturated rings. The quantitative estimate of drug-likeness (QED) is 0.152. The molecule has 0 unspecified atom stereocenters. The Kier molecular flexibility index (Phi) is 8.25. The molecule has 1 aromatic heterocycles. The minimum absolute atomic E-state index is 1.09. The van der Waals surface area contributed by atoms with Gasteiger partial charge in [-0.25, -0.2) is 0 Å². The van der Waals surface area contributed by atoms with Gasteiger partial charge in [0.15, 0.2) is 0 Å². The van der Waals surface area contributed by atoms with E-state index in [0.717, 1.165) is 28.3 Å². The third-order valence-electron chi connectivity index (χ3n) is 13.3. The van der Waals surface area contributed by atoms with E-state index in [1.165, 1.54) is 92.4 Å². The summed E-state index contributed by atoms with van der Waals surface area (Å²) in [4.78, 5) is 2.54. The molecule has 0 N–H and O–H groups in total. The van der Waals surface area contributed by atoms with Crippen LogP contribution in [0.2, 0.25) is 0 Å². The topological polar surface area (TPSA) is 8.17 Å². The number of hydrogen-bond acceptors (Lipinski definition) is 1. The molecule has 12 aromatic carbocycles. The molecule has 0 amide bonds. The van der Waals surface area contributed by atoms with Gasteiger partial charge in [-0.3, -0.25) is 0 Å². The third kappa shape index (κ3) is 5.59. The van der Waals surface area contributed by atoms with E-state index in [1.807, 2.05) is 0 Å². The first-order chi connectivity index (χ1) is 31.8. The first kappa shape index (κ1) is 36.2. The number of nitrogens with zero attached hydrogens (tertiary/aromatic N) is 2. The highest BCUT2D eigenvalue weighted by Gasteiger charge is 2.25. The normalized spacial score (nSPS) is 11.8. The standard InChI is InChI=1S/C62H40N2/c1-3-19-42(20-4-1)60-53-29-14-12-27-50(53)51-37-36-47(40-55(51)61(60)43-21-5-2-6-22-43)64(59-39-45-24-9-10-25-48(45)49-26-11-13-28-52(49)59)58-33-17-32-57-62(58)54-30-15-16-31-56(54)63(57)46-35-34-41-18-7-8-23-44(41)38-46/h1-40H. The average molecular weight is 813 g/mol. The highest BCUT2D eigenvalue weighted by molar-refractivity contribution is 6.24. The van der Waals surface area contributed by atoms with Crippen LogP contribution in [0.15, 0.2) is 243 Å². The smallest absolute Gasteiger partial charge is 0.0562 e. The highest BCUT2D eigenvalue weighted by atomic mass is 15.1. The zero-order chi connectivity index (χ0) is 42.1. The molecule has 0 bridgehead atoms. The molecule has 2 heteroatoms. The molecule has 13 aromatic rings. The van der Waals surface area contributed by atoms with E-state index in [9.17, 15) is 0 Å². The van der Waals surface area contributed by atoms with Crippen molar-refractivity contribution in [1.82, 2.24) is 4.57 Å². The van der Waals surface area contributed by atoms with Crippen LogP contribution in [0.5, 0.6) is 0 Å². The lowest BCUT2D eigenvalue weighted by Crippen LogP contribution is -2.11. The Balaban J connectivity index is 1.18. The van der Waals surface area contributed by atoms with E-state index in [4.69, 9.17) is 0 Å². The molecule has 0 aliphatic rings. The van der Waals surface area contributed by atoms with Crippen LogP contribution in [0.25, 0.3) is 104 Å². The summed E-state index contributed by atoms with van der Waals surface area (Å²) in [6.45, 7) is 0. The second-order valence-corrected chi connectivity index (χ2v) is 16.8. The molecule has 0 saturated heterocycles. The van der Waals surface area contributed by atoms with E-state index in [0.29, 0.717) is 0 Å². The van der Waals surface area contributed by atoms with E-state index in [1.54, 1.807) is 0 Å². The van der Waals surface area contributed by atoms with Crippen molar-refractivity contribution in [3.8, 4) is 27.9 Å². The lowest BCUT2D eigenvalue weighted by molar-refractivity contribution is 1.18. The van der Waals surface area contributed by atoms with E-state index < -0.39 is 0 Å². The highest BCUT2D eigenvalue weighted by Crippen LogP contribution is 2.50. The Morgan fingerprint density at radius 2 is 0.828 bits per heavy atom. The molecule has 2 nitrogen and oxygen atoms in total. The van der Waals surface area contributed by atoms with Crippen LogP contribution in [0.4, 0.5) is 17.1 Å². The fourth-order valence-electron chi connectivity index (χ4n) is 10.5. The second-order valence-electron chi connectivity index (χ2n) is 16.8. The molecule has 64 heavy (non-hydrogen) atoms. The van der Waals surface area contributed by atoms with Gasteiger partial charge in [-0.05, 0) is 119 Å². The van der Waals surface area contributed by atoms with Crippen molar-refractivity contribution in [2.24, 2.45) is 0 Å². The predicted molar refractivity (Wildman–Crippen MR) is 274 cm³/mol. The van der Waals surface area contributed by atoms with Crippen molar-refractivity contribution >= 4 is 92.7 Å². The van der Waals surface area contributed by atoms with Gasteiger partial charge in [-0.2, -0.15) is 0 Å². The summed E-state index contributed by atoms with van der Waals surface area (Å²) in [6, 6.07) is 89.3. The number of aromatic nitrogens is 1. The van der Waals surface area contributed by atoms with Gasteiger partial charge in [0.1, 0.15) is 0 Å². The largest absolute Gasteiger partial charge is 0.309 e. The monoisotopic (exact) mass is 812 g/mol. The van der Waals surface area contributed by atoms with Gasteiger partial charge in [-0.1, -0.05) is 194 Å². The maximum Gasteiger partial charge on any atom is 0.0562 e. The zero-order valence-corrected chi connectivity index (χ0v) is 35.0. The van der Waals surface area contributed by atoms with Crippen LogP contribution in [-0.2, 0) is 0 Å². The van der Waals surface area contributed by atoms with Gasteiger partial charge in [0.2, 0.25) is 0 Å². The van der Waals surface area contributed by atoms with E-state index in [-0.39, 0.29) is 0 Å². The summed E-state index contributed by atoms with van der Waals surface area (Å²) in [7, 11) is 0. The molecule has 0 spiro atoms. The summed E-state index contributed by atoms with van der Waals surface area (Å²) in [5.41, 5.74) is 11.7. The number of fused-ring (bicyclic) bond motifs is 10. The minimum Gasteiger partial charge on any atom is -0.309 e. The number of benzene rings is 12. The first-order valence-corrected chi connectivity index (χ1v) is 22.1. The minimum atomic E-state index is 1.09. The predicted octanol–water partition coefficient (Wildman–Crippen LogP) is 17.4. The Hall–Kier alpha value is -8.46. The van der Waals surface area contributed by atoms with Gasteiger partial charge in [0.25, 0.3) is 0 Å². The van der Waals surface area contributed by atoms with E-state index in [2.05, 4.69) is 252 Å². The molecule has 298 valence electrons. The van der Waals surface area contributed by atoms with Crippen LogP contribution < -0.4 is 4.90 Å². The molecule has 1 heterocycles. The molecule has 0 saturated carbocycles. The Labute approximate surface area is 371 Å². The Morgan fingerprint density at radius 1 is 0.281 bits per heavy atom. The summed E-state index contributed by atoms with van der Waals surface area (Å²) < 4.78 is 2.45. The molecular formula is C62H40N2. The van der Waals surface area contributed by atoms with Crippen LogP contribution >= 0.6 is 0 Å². The van der Waals surface area contributed by atoms with Crippen LogP contribution in [0, 0.1) is 0 Å². The van der Waals surface area contributed by atoms with Crippen molar-refractivity contribution in [1.29, 1.82) is 0 Å².